The number of carboxylic acids is 3. The van der Waals surface area contributed by atoms with Gasteiger partial charge in [0.15, 0.2) is 0 Å². The van der Waals surface area contributed by atoms with Gasteiger partial charge in [0.25, 0.3) is 0 Å². The summed E-state index contributed by atoms with van der Waals surface area (Å²) in [6.45, 7) is -0.956. The Labute approximate surface area is 127 Å². The maximum atomic E-state index is 10.1. The lowest BCUT2D eigenvalue weighted by atomic mass is 9.86. The van der Waals surface area contributed by atoms with Crippen LogP contribution in [0.2, 0.25) is 0 Å². The highest BCUT2D eigenvalue weighted by Crippen LogP contribution is 2.21. The molecular weight excluding hydrogens is 300 g/mol. The SMILES string of the molecule is O=C(O)C=CCCC(CO)(CO)CO.O=C(O)CCC(=O)O. The fraction of sp³-hybridized carbons (Fsp3) is 0.615. The summed E-state index contributed by atoms with van der Waals surface area (Å²) in [6, 6.07) is 0. The van der Waals surface area contributed by atoms with Gasteiger partial charge in [-0.05, 0) is 12.8 Å². The first kappa shape index (κ1) is 22.3. The number of aliphatic hydroxyl groups excluding tert-OH is 3. The number of rotatable bonds is 10. The van der Waals surface area contributed by atoms with E-state index in [1.165, 1.54) is 6.08 Å². The van der Waals surface area contributed by atoms with Crippen LogP contribution < -0.4 is 0 Å². The van der Waals surface area contributed by atoms with E-state index in [-0.39, 0.29) is 32.7 Å². The molecule has 0 bridgehead atoms. The Morgan fingerprint density at radius 2 is 1.23 bits per heavy atom. The van der Waals surface area contributed by atoms with Gasteiger partial charge < -0.3 is 30.6 Å². The number of hydrogen-bond acceptors (Lipinski definition) is 6. The minimum absolute atomic E-state index is 0.296. The second kappa shape index (κ2) is 12.7. The maximum Gasteiger partial charge on any atom is 0.327 e. The highest BCUT2D eigenvalue weighted by Gasteiger charge is 2.26. The molecule has 0 heterocycles. The van der Waals surface area contributed by atoms with Gasteiger partial charge in [-0.1, -0.05) is 6.08 Å². The molecule has 0 aromatic rings. The van der Waals surface area contributed by atoms with Crippen LogP contribution in [0.1, 0.15) is 25.7 Å². The van der Waals surface area contributed by atoms with Crippen LogP contribution in [-0.2, 0) is 14.4 Å². The van der Waals surface area contributed by atoms with Crippen LogP contribution in [0.15, 0.2) is 12.2 Å². The summed E-state index contributed by atoms with van der Waals surface area (Å²) in [4.78, 5) is 29.4. The summed E-state index contributed by atoms with van der Waals surface area (Å²) in [5.74, 6) is -3.19. The number of carbonyl (C=O) groups is 3. The number of allylic oxidation sites excluding steroid dienone is 1. The van der Waals surface area contributed by atoms with Crippen LogP contribution in [0.5, 0.6) is 0 Å². The van der Waals surface area contributed by atoms with Gasteiger partial charge in [0, 0.05) is 11.5 Å². The Kier molecular flexibility index (Phi) is 12.9. The summed E-state index contributed by atoms with van der Waals surface area (Å²) in [5.41, 5.74) is -0.914. The van der Waals surface area contributed by atoms with E-state index >= 15 is 0 Å². The predicted molar refractivity (Wildman–Crippen MR) is 74.2 cm³/mol. The van der Waals surface area contributed by atoms with Crippen LogP contribution in [0, 0.1) is 5.41 Å². The predicted octanol–water partition coefficient (Wildman–Crippen LogP) is -0.694. The van der Waals surface area contributed by atoms with E-state index in [9.17, 15) is 14.4 Å². The Hall–Kier alpha value is -1.97. The zero-order valence-electron chi connectivity index (χ0n) is 12.0. The van der Waals surface area contributed by atoms with Gasteiger partial charge in [-0.3, -0.25) is 9.59 Å². The molecule has 0 saturated heterocycles. The summed E-state index contributed by atoms with van der Waals surface area (Å²) in [7, 11) is 0. The second-order valence-corrected chi connectivity index (χ2v) is 4.54. The van der Waals surface area contributed by atoms with Crippen molar-refractivity contribution in [1.82, 2.24) is 0 Å². The lowest BCUT2D eigenvalue weighted by Crippen LogP contribution is -2.33. The Morgan fingerprint density at radius 3 is 1.50 bits per heavy atom. The third-order valence-electron chi connectivity index (χ3n) is 2.66. The minimum Gasteiger partial charge on any atom is -0.481 e. The van der Waals surface area contributed by atoms with Gasteiger partial charge in [0.1, 0.15) is 0 Å². The number of carboxylic acid groups (broad SMARTS) is 3. The lowest BCUT2D eigenvalue weighted by molar-refractivity contribution is -0.143. The normalized spacial score (nSPS) is 10.9. The van der Waals surface area contributed by atoms with E-state index in [0.717, 1.165) is 6.08 Å². The molecule has 0 aromatic heterocycles. The molecule has 0 aliphatic heterocycles. The van der Waals surface area contributed by atoms with Crippen LogP contribution in [0.25, 0.3) is 0 Å². The maximum absolute atomic E-state index is 10.1. The fourth-order valence-electron chi connectivity index (χ4n) is 1.17. The van der Waals surface area contributed by atoms with Crippen molar-refractivity contribution in [2.75, 3.05) is 19.8 Å². The molecule has 0 unspecified atom stereocenters. The average Bonchev–Trinajstić information content (AvgIpc) is 2.46. The summed E-state index contributed by atoms with van der Waals surface area (Å²) in [5, 5.41) is 50.9. The van der Waals surface area contributed by atoms with Crippen molar-refractivity contribution in [2.45, 2.75) is 25.7 Å². The van der Waals surface area contributed by atoms with E-state index in [1.807, 2.05) is 0 Å². The third kappa shape index (κ3) is 13.0. The van der Waals surface area contributed by atoms with E-state index < -0.39 is 23.3 Å². The zero-order chi connectivity index (χ0) is 17.6. The molecule has 0 radical (unpaired) electrons. The van der Waals surface area contributed by atoms with Gasteiger partial charge in [0.2, 0.25) is 0 Å². The third-order valence-corrected chi connectivity index (χ3v) is 2.66. The molecule has 0 spiro atoms. The Bertz CT molecular complexity index is 349. The highest BCUT2D eigenvalue weighted by atomic mass is 16.4. The number of aliphatic hydroxyl groups is 3. The topological polar surface area (TPSA) is 173 Å². The molecule has 0 saturated carbocycles. The van der Waals surface area contributed by atoms with E-state index in [1.54, 1.807) is 0 Å². The monoisotopic (exact) mass is 322 g/mol. The molecule has 6 N–H and O–H groups in total. The molecule has 0 aromatic carbocycles. The Morgan fingerprint density at radius 1 is 0.818 bits per heavy atom. The second-order valence-electron chi connectivity index (χ2n) is 4.54. The lowest BCUT2D eigenvalue weighted by Gasteiger charge is -2.26. The van der Waals surface area contributed by atoms with Crippen LogP contribution in [0.3, 0.4) is 0 Å². The largest absolute Gasteiger partial charge is 0.481 e. The molecule has 0 rings (SSSR count). The molecular formula is C13H22O9. The van der Waals surface area contributed by atoms with Crippen LogP contribution in [0.4, 0.5) is 0 Å². The first-order valence-corrected chi connectivity index (χ1v) is 6.38. The summed E-state index contributed by atoms with van der Waals surface area (Å²) in [6.07, 6.45) is 2.58. The molecule has 0 amide bonds. The van der Waals surface area contributed by atoms with Gasteiger partial charge in [0.05, 0.1) is 32.7 Å². The van der Waals surface area contributed by atoms with Crippen LogP contribution >= 0.6 is 0 Å². The molecule has 9 heteroatoms. The molecule has 9 nitrogen and oxygen atoms in total. The molecule has 0 fully saturated rings. The van der Waals surface area contributed by atoms with Crippen molar-refractivity contribution in [2.24, 2.45) is 5.41 Å². The molecule has 0 aliphatic carbocycles. The van der Waals surface area contributed by atoms with Crippen molar-refractivity contribution in [1.29, 1.82) is 0 Å². The van der Waals surface area contributed by atoms with E-state index in [4.69, 9.17) is 30.6 Å². The quantitative estimate of drug-likeness (QED) is 0.284. The first-order chi connectivity index (χ1) is 10.2. The summed E-state index contributed by atoms with van der Waals surface area (Å²) < 4.78 is 0. The van der Waals surface area contributed by atoms with Gasteiger partial charge in [-0.15, -0.1) is 0 Å². The number of aliphatic carboxylic acids is 3. The van der Waals surface area contributed by atoms with Crippen molar-refractivity contribution < 1.29 is 45.0 Å². The van der Waals surface area contributed by atoms with Crippen molar-refractivity contribution >= 4 is 17.9 Å². The first-order valence-electron chi connectivity index (χ1n) is 6.38. The van der Waals surface area contributed by atoms with Crippen molar-refractivity contribution in [3.8, 4) is 0 Å². The smallest absolute Gasteiger partial charge is 0.327 e. The van der Waals surface area contributed by atoms with Gasteiger partial charge in [-0.25, -0.2) is 4.79 Å². The standard InChI is InChI=1S/C9H16O5.C4H6O4/c10-5-9(6-11,7-12)4-2-1-3-8(13)14;5-3(6)1-2-4(7)8/h1,3,10-12H,2,4-7H2,(H,13,14);1-2H2,(H,5,6)(H,7,8). The molecule has 22 heavy (non-hydrogen) atoms. The highest BCUT2D eigenvalue weighted by molar-refractivity contribution is 5.79. The fourth-order valence-corrected chi connectivity index (χ4v) is 1.17. The minimum atomic E-state index is -1.08. The molecule has 0 aliphatic rings. The zero-order valence-corrected chi connectivity index (χ0v) is 12.0. The van der Waals surface area contributed by atoms with E-state index in [2.05, 4.69) is 0 Å². The van der Waals surface area contributed by atoms with E-state index in [0.29, 0.717) is 12.8 Å². The van der Waals surface area contributed by atoms with Crippen LogP contribution in [-0.4, -0.2) is 68.4 Å². The Balaban J connectivity index is 0. The molecule has 128 valence electrons. The van der Waals surface area contributed by atoms with Gasteiger partial charge in [-0.2, -0.15) is 0 Å². The van der Waals surface area contributed by atoms with Crippen molar-refractivity contribution in [3.63, 3.8) is 0 Å². The number of hydrogen-bond donors (Lipinski definition) is 6. The summed E-state index contributed by atoms with van der Waals surface area (Å²) >= 11 is 0. The van der Waals surface area contributed by atoms with Crippen molar-refractivity contribution in [3.05, 3.63) is 12.2 Å². The average molecular weight is 322 g/mol. The van der Waals surface area contributed by atoms with Gasteiger partial charge >= 0.3 is 17.9 Å². The molecule has 0 atom stereocenters.